The third-order valence-electron chi connectivity index (χ3n) is 1.78. The molecule has 2 aromatic rings. The SMILES string of the molecule is [N-]=[N+]=Nc1cc(Cl)c2nonc2c1[N+](=O)[O-]. The van der Waals surface area contributed by atoms with Crippen LogP contribution in [0.4, 0.5) is 11.4 Å². The van der Waals surface area contributed by atoms with Gasteiger partial charge in [-0.15, -0.1) is 0 Å². The monoisotopic (exact) mass is 240 g/mol. The van der Waals surface area contributed by atoms with Crippen molar-refractivity contribution in [3.63, 3.8) is 0 Å². The number of hydrogen-bond acceptors (Lipinski definition) is 6. The first-order chi connectivity index (χ1) is 7.65. The zero-order chi connectivity index (χ0) is 11.7. The zero-order valence-electron chi connectivity index (χ0n) is 7.36. The van der Waals surface area contributed by atoms with E-state index >= 15 is 0 Å². The molecule has 0 bridgehead atoms. The van der Waals surface area contributed by atoms with Crippen LogP contribution >= 0.6 is 11.6 Å². The van der Waals surface area contributed by atoms with E-state index in [1.54, 1.807) is 0 Å². The van der Waals surface area contributed by atoms with Crippen molar-refractivity contribution >= 4 is 34.0 Å². The number of rotatable bonds is 2. The lowest BCUT2D eigenvalue weighted by Crippen LogP contribution is -1.90. The summed E-state index contributed by atoms with van der Waals surface area (Å²) in [5.41, 5.74) is 7.44. The molecule has 0 aliphatic rings. The first-order valence-corrected chi connectivity index (χ1v) is 4.17. The van der Waals surface area contributed by atoms with Gasteiger partial charge in [-0.2, -0.15) is 0 Å². The molecule has 1 aromatic carbocycles. The summed E-state index contributed by atoms with van der Waals surface area (Å²) in [6.45, 7) is 0. The van der Waals surface area contributed by atoms with Crippen LogP contribution in [-0.2, 0) is 0 Å². The summed E-state index contributed by atoms with van der Waals surface area (Å²) in [5.74, 6) is 0. The summed E-state index contributed by atoms with van der Waals surface area (Å²) in [6.07, 6.45) is 0. The molecule has 0 amide bonds. The van der Waals surface area contributed by atoms with Gasteiger partial charge < -0.3 is 0 Å². The van der Waals surface area contributed by atoms with E-state index in [2.05, 4.69) is 25.0 Å². The molecule has 1 heterocycles. The number of halogens is 1. The van der Waals surface area contributed by atoms with Crippen molar-refractivity contribution in [2.45, 2.75) is 0 Å². The van der Waals surface area contributed by atoms with Crippen LogP contribution in [0.1, 0.15) is 0 Å². The Kier molecular flexibility index (Phi) is 2.31. The summed E-state index contributed by atoms with van der Waals surface area (Å²) in [4.78, 5) is 12.5. The van der Waals surface area contributed by atoms with Gasteiger partial charge in [0.1, 0.15) is 5.69 Å². The average molecular weight is 241 g/mol. The van der Waals surface area contributed by atoms with Gasteiger partial charge in [0.2, 0.25) is 5.52 Å². The van der Waals surface area contributed by atoms with Crippen molar-refractivity contribution in [2.75, 3.05) is 0 Å². The molecule has 0 atom stereocenters. The van der Waals surface area contributed by atoms with Crippen molar-refractivity contribution in [1.82, 2.24) is 10.3 Å². The first kappa shape index (κ1) is 10.1. The molecule has 0 aliphatic heterocycles. The molecule has 0 saturated heterocycles. The third kappa shape index (κ3) is 1.40. The van der Waals surface area contributed by atoms with Crippen LogP contribution in [0, 0.1) is 10.1 Å². The largest absolute Gasteiger partial charge is 0.310 e. The number of hydrogen-bond donors (Lipinski definition) is 0. The molecule has 10 heteroatoms. The fraction of sp³-hybridized carbons (Fsp3) is 0. The first-order valence-electron chi connectivity index (χ1n) is 3.79. The Bertz CT molecular complexity index is 630. The number of aromatic nitrogens is 2. The summed E-state index contributed by atoms with van der Waals surface area (Å²) < 4.78 is 4.35. The maximum Gasteiger partial charge on any atom is 0.310 e. The van der Waals surface area contributed by atoms with Crippen LogP contribution in [0.15, 0.2) is 15.8 Å². The van der Waals surface area contributed by atoms with E-state index in [1.807, 2.05) is 0 Å². The predicted octanol–water partition coefficient (Wildman–Crippen LogP) is 2.73. The molecule has 0 aliphatic carbocycles. The van der Waals surface area contributed by atoms with Crippen molar-refractivity contribution < 1.29 is 9.55 Å². The molecule has 0 unspecified atom stereocenters. The molecule has 16 heavy (non-hydrogen) atoms. The van der Waals surface area contributed by atoms with Gasteiger partial charge in [-0.25, -0.2) is 4.63 Å². The highest BCUT2D eigenvalue weighted by Gasteiger charge is 2.24. The highest BCUT2D eigenvalue weighted by atomic mass is 35.5. The molecule has 80 valence electrons. The number of azide groups is 1. The van der Waals surface area contributed by atoms with Gasteiger partial charge >= 0.3 is 5.69 Å². The lowest BCUT2D eigenvalue weighted by atomic mass is 10.2. The van der Waals surface area contributed by atoms with E-state index in [-0.39, 0.29) is 21.7 Å². The Morgan fingerprint density at radius 1 is 1.56 bits per heavy atom. The molecular formula is C6HClN6O3. The van der Waals surface area contributed by atoms with E-state index in [0.717, 1.165) is 6.07 Å². The number of nitro groups is 1. The quantitative estimate of drug-likeness (QED) is 0.262. The standard InChI is InChI=1S/C6HClN6O3/c7-2-1-3(9-12-8)6(13(14)15)5-4(2)10-16-11-5/h1H. The third-order valence-corrected chi connectivity index (χ3v) is 2.07. The Morgan fingerprint density at radius 3 is 2.88 bits per heavy atom. The summed E-state index contributed by atoms with van der Waals surface area (Å²) in [5, 5.41) is 20.8. The van der Waals surface area contributed by atoms with Gasteiger partial charge in [-0.1, -0.05) is 16.7 Å². The summed E-state index contributed by atoms with van der Waals surface area (Å²) in [6, 6.07) is 1.13. The minimum atomic E-state index is -0.743. The molecule has 9 nitrogen and oxygen atoms in total. The van der Waals surface area contributed by atoms with Crippen LogP contribution in [0.2, 0.25) is 5.02 Å². The van der Waals surface area contributed by atoms with E-state index < -0.39 is 10.6 Å². The number of nitrogens with zero attached hydrogens (tertiary/aromatic N) is 6. The van der Waals surface area contributed by atoms with E-state index in [0.29, 0.717) is 0 Å². The fourth-order valence-electron chi connectivity index (χ4n) is 1.18. The maximum atomic E-state index is 10.8. The van der Waals surface area contributed by atoms with Gasteiger partial charge in [-0.3, -0.25) is 10.1 Å². The molecular weight excluding hydrogens is 240 g/mol. The molecule has 0 N–H and O–H groups in total. The zero-order valence-corrected chi connectivity index (χ0v) is 8.12. The Morgan fingerprint density at radius 2 is 2.25 bits per heavy atom. The molecule has 2 rings (SSSR count). The lowest BCUT2D eigenvalue weighted by Gasteiger charge is -1.96. The van der Waals surface area contributed by atoms with Crippen molar-refractivity contribution in [2.24, 2.45) is 5.11 Å². The molecule has 0 radical (unpaired) electrons. The molecule has 0 saturated carbocycles. The van der Waals surface area contributed by atoms with Crippen LogP contribution in [-0.4, -0.2) is 15.2 Å². The maximum absolute atomic E-state index is 10.8. The van der Waals surface area contributed by atoms with Crippen LogP contribution in [0.3, 0.4) is 0 Å². The van der Waals surface area contributed by atoms with Gasteiger partial charge in [0, 0.05) is 4.91 Å². The minimum Gasteiger partial charge on any atom is -0.258 e. The lowest BCUT2D eigenvalue weighted by molar-refractivity contribution is -0.382. The van der Waals surface area contributed by atoms with Crippen molar-refractivity contribution in [3.8, 4) is 0 Å². The van der Waals surface area contributed by atoms with Crippen molar-refractivity contribution in [1.29, 1.82) is 0 Å². The minimum absolute atomic E-state index is 0.0465. The fourth-order valence-corrected chi connectivity index (χ4v) is 1.41. The Hall–Kier alpha value is -2.38. The van der Waals surface area contributed by atoms with Crippen molar-refractivity contribution in [3.05, 3.63) is 31.6 Å². The van der Waals surface area contributed by atoms with Crippen LogP contribution in [0.5, 0.6) is 0 Å². The smallest absolute Gasteiger partial charge is 0.258 e. The van der Waals surface area contributed by atoms with E-state index in [9.17, 15) is 10.1 Å². The number of benzene rings is 1. The highest BCUT2D eigenvalue weighted by Crippen LogP contribution is 2.38. The Labute approximate surface area is 91.3 Å². The average Bonchev–Trinajstić information content (AvgIpc) is 2.66. The van der Waals surface area contributed by atoms with E-state index in [4.69, 9.17) is 17.1 Å². The van der Waals surface area contributed by atoms with Gasteiger partial charge in [0.15, 0.2) is 5.52 Å². The van der Waals surface area contributed by atoms with E-state index in [1.165, 1.54) is 0 Å². The van der Waals surface area contributed by atoms with Gasteiger partial charge in [0.05, 0.1) is 9.95 Å². The van der Waals surface area contributed by atoms with Crippen LogP contribution < -0.4 is 0 Å². The Balaban J connectivity index is 2.94. The van der Waals surface area contributed by atoms with Gasteiger partial charge in [0.25, 0.3) is 0 Å². The molecule has 1 aromatic heterocycles. The predicted molar refractivity (Wildman–Crippen MR) is 52.3 cm³/mol. The summed E-state index contributed by atoms with van der Waals surface area (Å²) >= 11 is 5.75. The summed E-state index contributed by atoms with van der Waals surface area (Å²) in [7, 11) is 0. The second kappa shape index (κ2) is 3.65. The second-order valence-electron chi connectivity index (χ2n) is 2.63. The number of nitro benzene ring substituents is 1. The number of fused-ring (bicyclic) bond motifs is 1. The topological polar surface area (TPSA) is 131 Å². The second-order valence-corrected chi connectivity index (χ2v) is 3.04. The molecule has 0 fully saturated rings. The van der Waals surface area contributed by atoms with Crippen LogP contribution in [0.25, 0.3) is 21.5 Å². The van der Waals surface area contributed by atoms with Gasteiger partial charge in [-0.05, 0) is 21.9 Å². The highest BCUT2D eigenvalue weighted by molar-refractivity contribution is 6.35. The normalized spacial score (nSPS) is 10.1. The molecule has 0 spiro atoms.